The van der Waals surface area contributed by atoms with Gasteiger partial charge in [0.2, 0.25) is 5.91 Å². The van der Waals surface area contributed by atoms with E-state index in [0.717, 1.165) is 12.1 Å². The summed E-state index contributed by atoms with van der Waals surface area (Å²) in [6.45, 7) is 0. The summed E-state index contributed by atoms with van der Waals surface area (Å²) in [6, 6.07) is 9.11. The van der Waals surface area contributed by atoms with Crippen molar-refractivity contribution in [2.45, 2.75) is 6.42 Å². The Kier molecular flexibility index (Phi) is 4.27. The van der Waals surface area contributed by atoms with Crippen molar-refractivity contribution in [3.63, 3.8) is 0 Å². The number of nitrogens with two attached hydrogens (primary N) is 1. The Hall–Kier alpha value is -2.76. The fraction of sp³-hybridized carbons (Fsp3) is 0.0667. The lowest BCUT2D eigenvalue weighted by Gasteiger charge is -2.07. The van der Waals surface area contributed by atoms with Gasteiger partial charge in [-0.1, -0.05) is 12.1 Å². The second-order valence-corrected chi connectivity index (χ2v) is 4.42. The van der Waals surface area contributed by atoms with Gasteiger partial charge in [0, 0.05) is 11.8 Å². The topological polar surface area (TPSA) is 72.2 Å². The third-order valence-corrected chi connectivity index (χ3v) is 2.77. The molecule has 0 spiro atoms. The van der Waals surface area contributed by atoms with Crippen LogP contribution in [0.15, 0.2) is 42.5 Å². The van der Waals surface area contributed by atoms with Crippen molar-refractivity contribution in [3.05, 3.63) is 65.2 Å². The standard InChI is InChI=1S/C15H12F2N2O2/c16-10-3-6-12(13(17)8-10)15(21)19-11-4-1-9(2-5-11)7-14(18)20/h1-6,8H,7H2,(H2,18,20)(H,19,21). The number of hydrogen-bond acceptors (Lipinski definition) is 2. The van der Waals surface area contributed by atoms with Gasteiger partial charge >= 0.3 is 0 Å². The van der Waals surface area contributed by atoms with Crippen molar-refractivity contribution in [1.29, 1.82) is 0 Å². The summed E-state index contributed by atoms with van der Waals surface area (Å²) < 4.78 is 26.2. The molecule has 2 rings (SSSR count). The fourth-order valence-corrected chi connectivity index (χ4v) is 1.78. The van der Waals surface area contributed by atoms with Crippen molar-refractivity contribution in [1.82, 2.24) is 0 Å². The van der Waals surface area contributed by atoms with E-state index in [1.54, 1.807) is 24.3 Å². The van der Waals surface area contributed by atoms with E-state index < -0.39 is 23.4 Å². The van der Waals surface area contributed by atoms with E-state index in [0.29, 0.717) is 17.3 Å². The average molecular weight is 290 g/mol. The molecule has 21 heavy (non-hydrogen) atoms. The van der Waals surface area contributed by atoms with Crippen molar-refractivity contribution in [2.24, 2.45) is 5.73 Å². The first-order valence-electron chi connectivity index (χ1n) is 6.09. The summed E-state index contributed by atoms with van der Waals surface area (Å²) in [5.41, 5.74) is 5.94. The van der Waals surface area contributed by atoms with Crippen molar-refractivity contribution in [3.8, 4) is 0 Å². The molecule has 0 saturated heterocycles. The summed E-state index contributed by atoms with van der Waals surface area (Å²) in [5, 5.41) is 2.48. The molecule has 0 bridgehead atoms. The molecule has 0 fully saturated rings. The number of carbonyl (C=O) groups excluding carboxylic acids is 2. The van der Waals surface area contributed by atoms with Crippen LogP contribution in [0.5, 0.6) is 0 Å². The van der Waals surface area contributed by atoms with E-state index in [2.05, 4.69) is 5.32 Å². The highest BCUT2D eigenvalue weighted by Crippen LogP contribution is 2.14. The van der Waals surface area contributed by atoms with Gasteiger partial charge in [0.15, 0.2) is 0 Å². The molecule has 0 atom stereocenters. The van der Waals surface area contributed by atoms with Gasteiger partial charge in [-0.25, -0.2) is 8.78 Å². The van der Waals surface area contributed by atoms with Crippen LogP contribution in [0.3, 0.4) is 0 Å². The zero-order valence-corrected chi connectivity index (χ0v) is 10.9. The summed E-state index contributed by atoms with van der Waals surface area (Å²) in [6.07, 6.45) is 0.0980. The van der Waals surface area contributed by atoms with Gasteiger partial charge in [0.25, 0.3) is 5.91 Å². The average Bonchev–Trinajstić information content (AvgIpc) is 2.40. The van der Waals surface area contributed by atoms with E-state index in [9.17, 15) is 18.4 Å². The Morgan fingerprint density at radius 2 is 1.71 bits per heavy atom. The molecular weight excluding hydrogens is 278 g/mol. The smallest absolute Gasteiger partial charge is 0.258 e. The van der Waals surface area contributed by atoms with Crippen molar-refractivity contribution >= 4 is 17.5 Å². The minimum atomic E-state index is -0.933. The Bertz CT molecular complexity index is 685. The molecule has 0 aliphatic carbocycles. The highest BCUT2D eigenvalue weighted by Gasteiger charge is 2.12. The number of rotatable bonds is 4. The van der Waals surface area contributed by atoms with E-state index in [1.807, 2.05) is 0 Å². The Balaban J connectivity index is 2.10. The zero-order valence-electron chi connectivity index (χ0n) is 10.9. The number of anilines is 1. The number of halogens is 2. The number of carbonyl (C=O) groups is 2. The molecule has 2 amide bonds. The molecule has 0 heterocycles. The molecule has 0 aromatic heterocycles. The first-order valence-corrected chi connectivity index (χ1v) is 6.09. The van der Waals surface area contributed by atoms with Crippen LogP contribution in [0.1, 0.15) is 15.9 Å². The normalized spacial score (nSPS) is 10.2. The predicted octanol–water partition coefficient (Wildman–Crippen LogP) is 2.24. The molecule has 0 aliphatic rings. The Labute approximate surface area is 119 Å². The second-order valence-electron chi connectivity index (χ2n) is 4.42. The number of primary amides is 1. The minimum absolute atomic E-state index is 0.0980. The summed E-state index contributed by atoms with van der Waals surface area (Å²) in [7, 11) is 0. The number of hydrogen-bond donors (Lipinski definition) is 2. The molecule has 108 valence electrons. The lowest BCUT2D eigenvalue weighted by atomic mass is 10.1. The lowest BCUT2D eigenvalue weighted by Crippen LogP contribution is -2.15. The van der Waals surface area contributed by atoms with Crippen LogP contribution in [0.4, 0.5) is 14.5 Å². The molecule has 2 aromatic rings. The highest BCUT2D eigenvalue weighted by atomic mass is 19.1. The van der Waals surface area contributed by atoms with Gasteiger partial charge < -0.3 is 11.1 Å². The largest absolute Gasteiger partial charge is 0.369 e. The molecule has 0 radical (unpaired) electrons. The van der Waals surface area contributed by atoms with Crippen LogP contribution in [0, 0.1) is 11.6 Å². The van der Waals surface area contributed by atoms with Crippen LogP contribution < -0.4 is 11.1 Å². The maximum atomic E-state index is 13.5. The monoisotopic (exact) mass is 290 g/mol. The summed E-state index contributed by atoms with van der Waals surface area (Å²) in [5.74, 6) is -2.83. The second kappa shape index (κ2) is 6.13. The van der Waals surface area contributed by atoms with Crippen LogP contribution >= 0.6 is 0 Å². The number of amides is 2. The molecule has 0 aliphatic heterocycles. The first kappa shape index (κ1) is 14.6. The van der Waals surface area contributed by atoms with Gasteiger partial charge in [-0.2, -0.15) is 0 Å². The SMILES string of the molecule is NC(=O)Cc1ccc(NC(=O)c2ccc(F)cc2F)cc1. The van der Waals surface area contributed by atoms with Gasteiger partial charge in [0.1, 0.15) is 11.6 Å². The lowest BCUT2D eigenvalue weighted by molar-refractivity contribution is -0.117. The molecule has 0 unspecified atom stereocenters. The third kappa shape index (κ3) is 3.85. The number of benzene rings is 2. The van der Waals surface area contributed by atoms with Gasteiger partial charge in [-0.3, -0.25) is 9.59 Å². The van der Waals surface area contributed by atoms with E-state index in [-0.39, 0.29) is 12.0 Å². The maximum Gasteiger partial charge on any atom is 0.258 e. The van der Waals surface area contributed by atoms with Crippen LogP contribution in [-0.2, 0) is 11.2 Å². The molecule has 0 saturated carbocycles. The van der Waals surface area contributed by atoms with Gasteiger partial charge in [-0.15, -0.1) is 0 Å². The minimum Gasteiger partial charge on any atom is -0.369 e. The highest BCUT2D eigenvalue weighted by molar-refractivity contribution is 6.04. The maximum absolute atomic E-state index is 13.5. The van der Waals surface area contributed by atoms with Gasteiger partial charge in [-0.05, 0) is 29.8 Å². The number of nitrogens with one attached hydrogen (secondary N) is 1. The Morgan fingerprint density at radius 3 is 2.29 bits per heavy atom. The van der Waals surface area contributed by atoms with Crippen LogP contribution in [0.2, 0.25) is 0 Å². The molecule has 2 aromatic carbocycles. The molecular formula is C15H12F2N2O2. The molecule has 3 N–H and O–H groups in total. The molecule has 4 nitrogen and oxygen atoms in total. The van der Waals surface area contributed by atoms with Crippen LogP contribution in [-0.4, -0.2) is 11.8 Å². The predicted molar refractivity (Wildman–Crippen MR) is 73.7 cm³/mol. The van der Waals surface area contributed by atoms with Crippen molar-refractivity contribution < 1.29 is 18.4 Å². The fourth-order valence-electron chi connectivity index (χ4n) is 1.78. The van der Waals surface area contributed by atoms with Gasteiger partial charge in [0.05, 0.1) is 12.0 Å². The summed E-state index contributed by atoms with van der Waals surface area (Å²) >= 11 is 0. The Morgan fingerprint density at radius 1 is 1.05 bits per heavy atom. The van der Waals surface area contributed by atoms with E-state index >= 15 is 0 Å². The van der Waals surface area contributed by atoms with E-state index in [1.165, 1.54) is 0 Å². The summed E-state index contributed by atoms with van der Waals surface area (Å²) in [4.78, 5) is 22.6. The first-order chi connectivity index (χ1) is 9.95. The zero-order chi connectivity index (χ0) is 15.4. The van der Waals surface area contributed by atoms with Crippen LogP contribution in [0.25, 0.3) is 0 Å². The molecule has 6 heteroatoms. The van der Waals surface area contributed by atoms with E-state index in [4.69, 9.17) is 5.73 Å². The van der Waals surface area contributed by atoms with Crippen molar-refractivity contribution in [2.75, 3.05) is 5.32 Å². The third-order valence-electron chi connectivity index (χ3n) is 2.77. The quantitative estimate of drug-likeness (QED) is 0.906.